The molecule has 37 heavy (non-hydrogen) atoms. The van der Waals surface area contributed by atoms with Crippen LogP contribution in [0.5, 0.6) is 0 Å². The van der Waals surface area contributed by atoms with Crippen molar-refractivity contribution in [3.8, 4) is 0 Å². The third-order valence-electron chi connectivity index (χ3n) is 6.09. The number of hydrogen-bond acceptors (Lipinski definition) is 9. The van der Waals surface area contributed by atoms with E-state index in [9.17, 15) is 9.59 Å². The second kappa shape index (κ2) is 10.1. The first-order valence-electron chi connectivity index (χ1n) is 11.8. The SMILES string of the molecule is CN(C)C/C=C/C(=O)N1CCCC(n2nc(C(=O)Nc3nc4cc(Cl)ccc4o3)c3c(N)ncnc32)C1. The molecule has 1 aromatic carbocycles. The van der Waals surface area contributed by atoms with Gasteiger partial charge in [0.25, 0.3) is 5.91 Å². The fourth-order valence-corrected chi connectivity index (χ4v) is 4.51. The van der Waals surface area contributed by atoms with Crippen molar-refractivity contribution in [2.75, 3.05) is 44.8 Å². The van der Waals surface area contributed by atoms with Crippen molar-refractivity contribution in [2.45, 2.75) is 18.9 Å². The first-order valence-corrected chi connectivity index (χ1v) is 12.1. The number of hydrogen-bond donors (Lipinski definition) is 2. The van der Waals surface area contributed by atoms with E-state index in [4.69, 9.17) is 21.8 Å². The van der Waals surface area contributed by atoms with Crippen LogP contribution in [0.15, 0.2) is 41.1 Å². The maximum Gasteiger partial charge on any atom is 0.302 e. The lowest BCUT2D eigenvalue weighted by Gasteiger charge is -2.32. The number of rotatable bonds is 6. The molecular weight excluding hydrogens is 498 g/mol. The molecule has 0 bridgehead atoms. The monoisotopic (exact) mass is 523 g/mol. The minimum atomic E-state index is -0.571. The maximum absolute atomic E-state index is 13.3. The van der Waals surface area contributed by atoms with Gasteiger partial charge in [0, 0.05) is 30.7 Å². The average molecular weight is 524 g/mol. The number of piperidine rings is 1. The topological polar surface area (TPSA) is 148 Å². The molecule has 0 spiro atoms. The van der Waals surface area contributed by atoms with Gasteiger partial charge in [0.05, 0.1) is 11.4 Å². The third kappa shape index (κ3) is 5.11. The largest absolute Gasteiger partial charge is 0.423 e. The average Bonchev–Trinajstić information content (AvgIpc) is 3.45. The van der Waals surface area contributed by atoms with Crippen molar-refractivity contribution in [2.24, 2.45) is 0 Å². The molecular formula is C24H26ClN9O3. The van der Waals surface area contributed by atoms with Gasteiger partial charge in [0.2, 0.25) is 5.91 Å². The van der Waals surface area contributed by atoms with Crippen LogP contribution in [-0.4, -0.2) is 80.1 Å². The molecule has 5 rings (SSSR count). The molecule has 1 aliphatic heterocycles. The number of anilines is 2. The summed E-state index contributed by atoms with van der Waals surface area (Å²) >= 11 is 6.02. The van der Waals surface area contributed by atoms with E-state index in [1.165, 1.54) is 6.33 Å². The van der Waals surface area contributed by atoms with Crippen molar-refractivity contribution >= 4 is 57.4 Å². The summed E-state index contributed by atoms with van der Waals surface area (Å²) in [6.45, 7) is 1.75. The normalized spacial score (nSPS) is 16.3. The Morgan fingerprint density at radius 2 is 2.16 bits per heavy atom. The molecule has 1 unspecified atom stereocenters. The second-order valence-corrected chi connectivity index (χ2v) is 9.52. The van der Waals surface area contributed by atoms with Gasteiger partial charge < -0.3 is 20.0 Å². The molecule has 4 heterocycles. The molecule has 3 aromatic heterocycles. The van der Waals surface area contributed by atoms with Gasteiger partial charge in [0.15, 0.2) is 16.9 Å². The van der Waals surface area contributed by atoms with E-state index in [1.807, 2.05) is 25.1 Å². The Bertz CT molecular complexity index is 1510. The number of carbonyl (C=O) groups is 2. The summed E-state index contributed by atoms with van der Waals surface area (Å²) in [5, 5.41) is 8.05. The van der Waals surface area contributed by atoms with Crippen LogP contribution in [0.3, 0.4) is 0 Å². The minimum absolute atomic E-state index is 0.000614. The van der Waals surface area contributed by atoms with E-state index in [0.717, 1.165) is 12.8 Å². The number of oxazole rings is 1. The molecule has 1 atom stereocenters. The molecule has 3 N–H and O–H groups in total. The Balaban J connectivity index is 1.42. The Morgan fingerprint density at radius 3 is 2.97 bits per heavy atom. The molecule has 1 fully saturated rings. The summed E-state index contributed by atoms with van der Waals surface area (Å²) in [5.74, 6) is -0.509. The van der Waals surface area contributed by atoms with E-state index >= 15 is 0 Å². The first-order chi connectivity index (χ1) is 17.8. The van der Waals surface area contributed by atoms with Crippen LogP contribution in [0.2, 0.25) is 5.02 Å². The number of aromatic nitrogens is 5. The quantitative estimate of drug-likeness (QED) is 0.364. The predicted molar refractivity (Wildman–Crippen MR) is 139 cm³/mol. The first kappa shape index (κ1) is 24.7. The summed E-state index contributed by atoms with van der Waals surface area (Å²) in [7, 11) is 3.88. The van der Waals surface area contributed by atoms with Crippen LogP contribution in [0.25, 0.3) is 22.1 Å². The van der Waals surface area contributed by atoms with E-state index in [1.54, 1.807) is 33.9 Å². The maximum atomic E-state index is 13.3. The number of likely N-dealkylation sites (tertiary alicyclic amines) is 1. The van der Waals surface area contributed by atoms with Crippen molar-refractivity contribution in [3.63, 3.8) is 0 Å². The highest BCUT2D eigenvalue weighted by Crippen LogP contribution is 2.29. The van der Waals surface area contributed by atoms with Crippen LogP contribution in [0, 0.1) is 0 Å². The highest BCUT2D eigenvalue weighted by atomic mass is 35.5. The molecule has 2 amide bonds. The molecule has 1 aliphatic rings. The number of benzene rings is 1. The molecule has 1 saturated heterocycles. The fourth-order valence-electron chi connectivity index (χ4n) is 4.34. The van der Waals surface area contributed by atoms with Gasteiger partial charge in [-0.2, -0.15) is 10.1 Å². The molecule has 192 valence electrons. The van der Waals surface area contributed by atoms with Gasteiger partial charge in [-0.3, -0.25) is 14.9 Å². The number of fused-ring (bicyclic) bond motifs is 2. The Labute approximate surface area is 217 Å². The fraction of sp³-hybridized carbons (Fsp3) is 0.333. The highest BCUT2D eigenvalue weighted by Gasteiger charge is 2.29. The summed E-state index contributed by atoms with van der Waals surface area (Å²) in [4.78, 5) is 42.4. The summed E-state index contributed by atoms with van der Waals surface area (Å²) in [6, 6.07) is 4.79. The lowest BCUT2D eigenvalue weighted by atomic mass is 10.1. The third-order valence-corrected chi connectivity index (χ3v) is 6.32. The molecule has 0 saturated carbocycles. The van der Waals surface area contributed by atoms with Crippen LogP contribution < -0.4 is 11.1 Å². The van der Waals surface area contributed by atoms with Gasteiger partial charge in [0.1, 0.15) is 17.7 Å². The van der Waals surface area contributed by atoms with Gasteiger partial charge in [-0.05, 0) is 45.1 Å². The standard InChI is InChI=1S/C24H26ClN9O3/c1-32(2)9-4-6-18(35)33-10-3-5-15(12-33)34-22-19(21(26)27-13-28-22)20(31-34)23(36)30-24-29-16-11-14(25)7-8-17(16)37-24/h4,6-8,11,13,15H,3,5,9-10,12H2,1-2H3,(H2,26,27,28)(H,29,30,36)/b6-4+. The number of carbonyl (C=O) groups excluding carboxylic acids is 2. The van der Waals surface area contributed by atoms with E-state index in [0.29, 0.717) is 46.8 Å². The second-order valence-electron chi connectivity index (χ2n) is 9.08. The summed E-state index contributed by atoms with van der Waals surface area (Å²) in [6.07, 6.45) is 6.31. The summed E-state index contributed by atoms with van der Waals surface area (Å²) in [5.41, 5.74) is 7.60. The van der Waals surface area contributed by atoms with Gasteiger partial charge >= 0.3 is 6.01 Å². The number of halogens is 1. The molecule has 13 heteroatoms. The van der Waals surface area contributed by atoms with E-state index in [-0.39, 0.29) is 29.5 Å². The lowest BCUT2D eigenvalue weighted by molar-refractivity contribution is -0.127. The molecule has 0 aliphatic carbocycles. The Morgan fingerprint density at radius 1 is 1.32 bits per heavy atom. The van der Waals surface area contributed by atoms with Crippen LogP contribution in [0.4, 0.5) is 11.8 Å². The predicted octanol–water partition coefficient (Wildman–Crippen LogP) is 2.74. The van der Waals surface area contributed by atoms with Gasteiger partial charge in [-0.15, -0.1) is 0 Å². The van der Waals surface area contributed by atoms with Gasteiger partial charge in [-0.1, -0.05) is 17.7 Å². The molecule has 12 nitrogen and oxygen atoms in total. The van der Waals surface area contributed by atoms with Crippen molar-refractivity contribution < 1.29 is 14.0 Å². The zero-order chi connectivity index (χ0) is 26.1. The molecule has 4 aromatic rings. The van der Waals surface area contributed by atoms with Crippen LogP contribution >= 0.6 is 11.6 Å². The number of nitrogens with two attached hydrogens (primary N) is 1. The van der Waals surface area contributed by atoms with Crippen molar-refractivity contribution in [1.29, 1.82) is 0 Å². The zero-order valence-corrected chi connectivity index (χ0v) is 21.1. The number of nitrogens with one attached hydrogen (secondary N) is 1. The zero-order valence-electron chi connectivity index (χ0n) is 20.4. The number of nitrogens with zero attached hydrogens (tertiary/aromatic N) is 7. The summed E-state index contributed by atoms with van der Waals surface area (Å²) < 4.78 is 7.28. The number of nitrogen functional groups attached to an aromatic ring is 1. The smallest absolute Gasteiger partial charge is 0.302 e. The Kier molecular flexibility index (Phi) is 6.76. The Hall–Kier alpha value is -4.03. The van der Waals surface area contributed by atoms with Crippen molar-refractivity contribution in [1.82, 2.24) is 34.5 Å². The van der Waals surface area contributed by atoms with Crippen LogP contribution in [-0.2, 0) is 4.79 Å². The lowest BCUT2D eigenvalue weighted by Crippen LogP contribution is -2.40. The molecule has 0 radical (unpaired) electrons. The highest BCUT2D eigenvalue weighted by molar-refractivity contribution is 6.31. The van der Waals surface area contributed by atoms with Gasteiger partial charge in [-0.25, -0.2) is 14.6 Å². The van der Waals surface area contributed by atoms with E-state index in [2.05, 4.69) is 25.4 Å². The van der Waals surface area contributed by atoms with E-state index < -0.39 is 5.91 Å². The van der Waals surface area contributed by atoms with Crippen molar-refractivity contribution in [3.05, 3.63) is 47.4 Å². The van der Waals surface area contributed by atoms with Crippen LogP contribution in [0.1, 0.15) is 29.4 Å². The number of likely N-dealkylation sites (N-methyl/N-ethyl adjacent to an activating group) is 1. The minimum Gasteiger partial charge on any atom is -0.423 e. The number of amides is 2.